The summed E-state index contributed by atoms with van der Waals surface area (Å²) >= 11 is 0. The Balaban J connectivity index is 1.10. The Labute approximate surface area is 233 Å². The van der Waals surface area contributed by atoms with Crippen molar-refractivity contribution < 1.29 is 9.18 Å². The average molecular weight is 543 g/mol. The van der Waals surface area contributed by atoms with Gasteiger partial charge in [-0.2, -0.15) is 10.1 Å². The summed E-state index contributed by atoms with van der Waals surface area (Å²) in [5, 5.41) is 14.3. The van der Waals surface area contributed by atoms with Crippen LogP contribution < -0.4 is 16.0 Å². The van der Waals surface area contributed by atoms with Gasteiger partial charge >= 0.3 is 0 Å². The highest BCUT2D eigenvalue weighted by atomic mass is 19.1. The van der Waals surface area contributed by atoms with Gasteiger partial charge in [-0.05, 0) is 99.3 Å². The number of rotatable bonds is 9. The van der Waals surface area contributed by atoms with Gasteiger partial charge in [0.05, 0.1) is 6.20 Å². The lowest BCUT2D eigenvalue weighted by molar-refractivity contribution is 0.0705. The highest BCUT2D eigenvalue weighted by Crippen LogP contribution is 2.21. The van der Waals surface area contributed by atoms with Crippen LogP contribution in [0.1, 0.15) is 40.0 Å². The lowest BCUT2D eigenvalue weighted by Gasteiger charge is -2.32. The number of hydrogen-bond acceptors (Lipinski definition) is 7. The number of nitrogens with one attached hydrogen (secondary N) is 3. The number of carbonyl (C=O) groups is 1. The maximum Gasteiger partial charge on any atom is 0.253 e. The zero-order chi connectivity index (χ0) is 28.1. The molecule has 5 rings (SSSR count). The summed E-state index contributed by atoms with van der Waals surface area (Å²) in [4.78, 5) is 23.8. The van der Waals surface area contributed by atoms with Gasteiger partial charge in [0.25, 0.3) is 5.91 Å². The highest BCUT2D eigenvalue weighted by Gasteiger charge is 2.23. The van der Waals surface area contributed by atoms with Crippen LogP contribution in [0.5, 0.6) is 0 Å². The van der Waals surface area contributed by atoms with Crippen molar-refractivity contribution in [2.45, 2.75) is 39.2 Å². The highest BCUT2D eigenvalue weighted by molar-refractivity contribution is 5.94. The number of likely N-dealkylation sites (tertiary alicyclic amines) is 1. The summed E-state index contributed by atoms with van der Waals surface area (Å²) in [5.41, 5.74) is 5.21. The standard InChI is InChI=1S/C30H35FN8O/c1-20-18-26(8-9-27(20)31)35-28-11-15-33-30(37-28)36-25-6-4-22(5-7-25)29(40)39-16-12-24(13-17-39)32-14-10-23-19-34-38(3)21(23)2/h4-9,11,15,18-19,24,32H,10,12-14,16-17H2,1-3H3,(H2,33,35,36,37). The Kier molecular flexibility index (Phi) is 8.35. The number of piperidine rings is 1. The van der Waals surface area contributed by atoms with Gasteiger partial charge < -0.3 is 20.9 Å². The van der Waals surface area contributed by atoms with E-state index in [1.807, 2.05) is 47.1 Å². The van der Waals surface area contributed by atoms with E-state index in [2.05, 4.69) is 37.9 Å². The van der Waals surface area contributed by atoms with Crippen molar-refractivity contribution in [2.75, 3.05) is 30.3 Å². The van der Waals surface area contributed by atoms with Crippen molar-refractivity contribution in [3.05, 3.63) is 89.1 Å². The summed E-state index contributed by atoms with van der Waals surface area (Å²) in [5.74, 6) is 0.798. The second-order valence-electron chi connectivity index (χ2n) is 10.2. The fraction of sp³-hybridized carbons (Fsp3) is 0.333. The first-order valence-electron chi connectivity index (χ1n) is 13.6. The molecule has 40 heavy (non-hydrogen) atoms. The van der Waals surface area contributed by atoms with E-state index in [0.717, 1.165) is 50.3 Å². The fourth-order valence-corrected chi connectivity index (χ4v) is 4.85. The quantitative estimate of drug-likeness (QED) is 0.277. The molecule has 0 unspecified atom stereocenters. The molecule has 10 heteroatoms. The van der Waals surface area contributed by atoms with E-state index in [4.69, 9.17) is 0 Å². The SMILES string of the molecule is Cc1cc(Nc2ccnc(Nc3ccc(C(=O)N4CCC(NCCc5cnn(C)c5C)CC4)cc3)n2)ccc1F. The van der Waals surface area contributed by atoms with Crippen LogP contribution in [0.15, 0.2) is 60.9 Å². The van der Waals surface area contributed by atoms with Crippen molar-refractivity contribution in [1.29, 1.82) is 0 Å². The number of nitrogens with zero attached hydrogens (tertiary/aromatic N) is 5. The second-order valence-corrected chi connectivity index (χ2v) is 10.2. The third kappa shape index (κ3) is 6.63. The Morgan fingerprint density at radius 1 is 1.02 bits per heavy atom. The third-order valence-corrected chi connectivity index (χ3v) is 7.42. The molecule has 0 spiro atoms. The van der Waals surface area contributed by atoms with Crippen LogP contribution in [0.25, 0.3) is 0 Å². The van der Waals surface area contributed by atoms with Crippen LogP contribution in [-0.4, -0.2) is 56.2 Å². The fourth-order valence-electron chi connectivity index (χ4n) is 4.85. The van der Waals surface area contributed by atoms with E-state index in [-0.39, 0.29) is 11.7 Å². The van der Waals surface area contributed by atoms with Crippen LogP contribution in [0.3, 0.4) is 0 Å². The number of hydrogen-bond donors (Lipinski definition) is 3. The number of benzene rings is 2. The molecule has 0 atom stereocenters. The zero-order valence-electron chi connectivity index (χ0n) is 23.1. The molecule has 3 N–H and O–H groups in total. The first-order chi connectivity index (χ1) is 19.4. The van der Waals surface area contributed by atoms with Gasteiger partial charge in [0.15, 0.2) is 0 Å². The molecule has 0 aliphatic carbocycles. The Morgan fingerprint density at radius 2 is 1.77 bits per heavy atom. The Hall–Kier alpha value is -4.31. The minimum Gasteiger partial charge on any atom is -0.340 e. The Bertz CT molecular complexity index is 1460. The lowest BCUT2D eigenvalue weighted by Crippen LogP contribution is -2.45. The van der Waals surface area contributed by atoms with Crippen LogP contribution in [0, 0.1) is 19.7 Å². The molecule has 0 radical (unpaired) electrons. The van der Waals surface area contributed by atoms with Gasteiger partial charge in [0, 0.05) is 55.0 Å². The number of aryl methyl sites for hydroxylation is 2. The summed E-state index contributed by atoms with van der Waals surface area (Å²) < 4.78 is 15.5. The van der Waals surface area contributed by atoms with Crippen molar-refractivity contribution in [3.63, 3.8) is 0 Å². The molecule has 2 aromatic heterocycles. The summed E-state index contributed by atoms with van der Waals surface area (Å²) in [7, 11) is 1.97. The van der Waals surface area contributed by atoms with Crippen molar-refractivity contribution in [1.82, 2.24) is 30.0 Å². The lowest BCUT2D eigenvalue weighted by atomic mass is 10.0. The second kappa shape index (κ2) is 12.3. The predicted octanol–water partition coefficient (Wildman–Crippen LogP) is 4.89. The van der Waals surface area contributed by atoms with E-state index in [1.165, 1.54) is 17.3 Å². The number of anilines is 4. The molecule has 0 saturated carbocycles. The molecule has 208 valence electrons. The summed E-state index contributed by atoms with van der Waals surface area (Å²) in [6.07, 6.45) is 6.42. The topological polar surface area (TPSA) is 100 Å². The monoisotopic (exact) mass is 542 g/mol. The molecule has 4 aromatic rings. The van der Waals surface area contributed by atoms with Crippen LogP contribution in [0.4, 0.5) is 27.5 Å². The van der Waals surface area contributed by atoms with E-state index in [1.54, 1.807) is 31.3 Å². The molecule has 2 aromatic carbocycles. The third-order valence-electron chi connectivity index (χ3n) is 7.42. The molecular formula is C30H35FN8O. The smallest absolute Gasteiger partial charge is 0.253 e. The molecule has 3 heterocycles. The number of aromatic nitrogens is 4. The van der Waals surface area contributed by atoms with Gasteiger partial charge in [-0.1, -0.05) is 0 Å². The normalized spacial score (nSPS) is 13.8. The molecule has 0 bridgehead atoms. The van der Waals surface area contributed by atoms with E-state index in [9.17, 15) is 9.18 Å². The summed E-state index contributed by atoms with van der Waals surface area (Å²) in [6, 6.07) is 14.3. The molecular weight excluding hydrogens is 507 g/mol. The van der Waals surface area contributed by atoms with Gasteiger partial charge in [0.1, 0.15) is 11.6 Å². The Morgan fingerprint density at radius 3 is 2.48 bits per heavy atom. The van der Waals surface area contributed by atoms with Crippen LogP contribution >= 0.6 is 0 Å². The van der Waals surface area contributed by atoms with Crippen LogP contribution in [0.2, 0.25) is 0 Å². The minimum atomic E-state index is -0.248. The van der Waals surface area contributed by atoms with Crippen molar-refractivity contribution >= 4 is 29.0 Å². The van der Waals surface area contributed by atoms with E-state index < -0.39 is 0 Å². The van der Waals surface area contributed by atoms with Crippen molar-refractivity contribution in [2.24, 2.45) is 7.05 Å². The van der Waals surface area contributed by atoms with Crippen molar-refractivity contribution in [3.8, 4) is 0 Å². The molecule has 9 nitrogen and oxygen atoms in total. The van der Waals surface area contributed by atoms with Crippen LogP contribution in [-0.2, 0) is 13.5 Å². The van der Waals surface area contributed by atoms with Gasteiger partial charge in [0.2, 0.25) is 5.95 Å². The first-order valence-corrected chi connectivity index (χ1v) is 13.6. The number of carbonyl (C=O) groups excluding carboxylic acids is 1. The minimum absolute atomic E-state index is 0.0491. The molecule has 1 amide bonds. The molecule has 1 aliphatic heterocycles. The number of amides is 1. The molecule has 1 saturated heterocycles. The maximum absolute atomic E-state index is 13.6. The van der Waals surface area contributed by atoms with E-state index >= 15 is 0 Å². The van der Waals surface area contributed by atoms with E-state index in [0.29, 0.717) is 28.9 Å². The van der Waals surface area contributed by atoms with Gasteiger partial charge in [-0.25, -0.2) is 9.37 Å². The molecule has 1 fully saturated rings. The molecule has 1 aliphatic rings. The zero-order valence-corrected chi connectivity index (χ0v) is 23.1. The predicted molar refractivity (Wildman–Crippen MR) is 155 cm³/mol. The average Bonchev–Trinajstić information content (AvgIpc) is 3.28. The maximum atomic E-state index is 13.6. The summed E-state index contributed by atoms with van der Waals surface area (Å²) in [6.45, 7) is 6.20. The van der Waals surface area contributed by atoms with Gasteiger partial charge in [-0.3, -0.25) is 9.48 Å². The first kappa shape index (κ1) is 27.3. The van der Waals surface area contributed by atoms with Gasteiger partial charge in [-0.15, -0.1) is 0 Å². The number of halogens is 1. The largest absolute Gasteiger partial charge is 0.340 e.